The van der Waals surface area contributed by atoms with E-state index in [9.17, 15) is 4.79 Å². The van der Waals surface area contributed by atoms with E-state index in [0.29, 0.717) is 18.0 Å². The molecule has 0 spiro atoms. The van der Waals surface area contributed by atoms with Crippen LogP contribution in [0.4, 0.5) is 5.69 Å². The molecule has 2 rings (SSSR count). The number of aromatic nitrogens is 1. The number of pyridine rings is 1. The third kappa shape index (κ3) is 3.48. The minimum absolute atomic E-state index is 0.0370. The summed E-state index contributed by atoms with van der Waals surface area (Å²) < 4.78 is 5.08. The molecule has 1 atom stereocenters. The number of nitrogens with one attached hydrogen (secondary N) is 2. The van der Waals surface area contributed by atoms with Gasteiger partial charge in [-0.15, -0.1) is 0 Å². The molecule has 4 N–H and O–H groups in total. The molecule has 6 heteroatoms. The van der Waals surface area contributed by atoms with E-state index in [1.807, 2.05) is 31.2 Å². The number of carbonyl (C=O) groups excluding carboxylic acids is 1. The van der Waals surface area contributed by atoms with Crippen LogP contribution in [0.15, 0.2) is 30.3 Å². The summed E-state index contributed by atoms with van der Waals surface area (Å²) in [4.78, 5) is 16.7. The van der Waals surface area contributed by atoms with Gasteiger partial charge >= 0.3 is 0 Å². The van der Waals surface area contributed by atoms with Gasteiger partial charge in [-0.2, -0.15) is 0 Å². The summed E-state index contributed by atoms with van der Waals surface area (Å²) in [6.45, 7) is 2.46. The quantitative estimate of drug-likeness (QED) is 0.556. The van der Waals surface area contributed by atoms with Gasteiger partial charge in [-0.25, -0.2) is 4.98 Å². The van der Waals surface area contributed by atoms with Crippen LogP contribution in [-0.4, -0.2) is 30.6 Å². The number of hydrazine groups is 1. The van der Waals surface area contributed by atoms with Crippen molar-refractivity contribution in [3.05, 3.63) is 36.0 Å². The zero-order valence-electron chi connectivity index (χ0n) is 12.2. The molecule has 0 aliphatic heterocycles. The number of para-hydroxylation sites is 1. The Morgan fingerprint density at radius 3 is 2.86 bits per heavy atom. The molecule has 112 valence electrons. The molecule has 0 fully saturated rings. The number of anilines is 1. The number of nitrogens with zero attached hydrogens (tertiary/aromatic N) is 1. The first-order chi connectivity index (χ1) is 10.2. The van der Waals surface area contributed by atoms with E-state index >= 15 is 0 Å². The van der Waals surface area contributed by atoms with E-state index in [2.05, 4.69) is 15.7 Å². The Morgan fingerprint density at radius 2 is 2.19 bits per heavy atom. The second-order valence-corrected chi connectivity index (χ2v) is 4.75. The van der Waals surface area contributed by atoms with Crippen molar-refractivity contribution >= 4 is 22.5 Å². The lowest BCUT2D eigenvalue weighted by molar-refractivity contribution is 0.0890. The standard InChI is InChI=1S/C15H20N4O2/c1-3-10(9-21-2)17-15(20)14-8-13(19-16)11-6-4-5-7-12(11)18-14/h4-8,10H,3,9,16H2,1-2H3,(H,17,20)(H,18,19). The Balaban J connectivity index is 2.31. The highest BCUT2D eigenvalue weighted by atomic mass is 16.5. The molecule has 2 aromatic rings. The van der Waals surface area contributed by atoms with Crippen LogP contribution in [-0.2, 0) is 4.74 Å². The fourth-order valence-corrected chi connectivity index (χ4v) is 2.13. The van der Waals surface area contributed by atoms with E-state index in [1.165, 1.54) is 0 Å². The number of nitrogen functional groups attached to an aromatic ring is 1. The molecule has 6 nitrogen and oxygen atoms in total. The Morgan fingerprint density at radius 1 is 1.43 bits per heavy atom. The molecule has 1 amide bonds. The number of methoxy groups -OCH3 is 1. The first-order valence-corrected chi connectivity index (χ1v) is 6.85. The van der Waals surface area contributed by atoms with E-state index in [4.69, 9.17) is 10.6 Å². The largest absolute Gasteiger partial charge is 0.383 e. The van der Waals surface area contributed by atoms with Gasteiger partial charge in [-0.05, 0) is 18.6 Å². The topological polar surface area (TPSA) is 89.3 Å². The summed E-state index contributed by atoms with van der Waals surface area (Å²) in [5, 5.41) is 3.78. The molecule has 0 saturated carbocycles. The van der Waals surface area contributed by atoms with Crippen LogP contribution in [0.3, 0.4) is 0 Å². The maximum Gasteiger partial charge on any atom is 0.270 e. The third-order valence-corrected chi connectivity index (χ3v) is 3.30. The van der Waals surface area contributed by atoms with Crippen molar-refractivity contribution < 1.29 is 9.53 Å². The molecule has 21 heavy (non-hydrogen) atoms. The second kappa shape index (κ2) is 7.01. The third-order valence-electron chi connectivity index (χ3n) is 3.30. The van der Waals surface area contributed by atoms with Crippen molar-refractivity contribution in [1.29, 1.82) is 0 Å². The van der Waals surface area contributed by atoms with Gasteiger partial charge in [0.2, 0.25) is 0 Å². The van der Waals surface area contributed by atoms with Crippen LogP contribution in [0.2, 0.25) is 0 Å². The second-order valence-electron chi connectivity index (χ2n) is 4.75. The first kappa shape index (κ1) is 15.2. The molecule has 0 aliphatic carbocycles. The zero-order valence-corrected chi connectivity index (χ0v) is 12.2. The first-order valence-electron chi connectivity index (χ1n) is 6.85. The fourth-order valence-electron chi connectivity index (χ4n) is 2.13. The number of amides is 1. The van der Waals surface area contributed by atoms with Crippen LogP contribution in [0, 0.1) is 0 Å². The Hall–Kier alpha value is -2.18. The molecule has 1 aromatic carbocycles. The van der Waals surface area contributed by atoms with Crippen molar-refractivity contribution in [3.63, 3.8) is 0 Å². The van der Waals surface area contributed by atoms with Crippen LogP contribution in [0.5, 0.6) is 0 Å². The number of hydrogen-bond donors (Lipinski definition) is 3. The maximum atomic E-state index is 12.3. The van der Waals surface area contributed by atoms with Gasteiger partial charge in [0.15, 0.2) is 0 Å². The maximum absolute atomic E-state index is 12.3. The van der Waals surface area contributed by atoms with E-state index in [1.54, 1.807) is 13.2 Å². The number of carbonyl (C=O) groups is 1. The van der Waals surface area contributed by atoms with Gasteiger partial charge in [0.1, 0.15) is 5.69 Å². The summed E-state index contributed by atoms with van der Waals surface area (Å²) in [5.41, 5.74) is 4.33. The number of ether oxygens (including phenoxy) is 1. The normalized spacial score (nSPS) is 12.1. The summed E-state index contributed by atoms with van der Waals surface area (Å²) >= 11 is 0. The summed E-state index contributed by atoms with van der Waals surface area (Å²) in [6, 6.07) is 9.13. The molecule has 0 bridgehead atoms. The number of benzene rings is 1. The fraction of sp³-hybridized carbons (Fsp3) is 0.333. The summed E-state index contributed by atoms with van der Waals surface area (Å²) in [6.07, 6.45) is 0.787. The lowest BCUT2D eigenvalue weighted by Crippen LogP contribution is -2.38. The van der Waals surface area contributed by atoms with Gasteiger partial charge in [-0.3, -0.25) is 10.6 Å². The Bertz CT molecular complexity index is 630. The lowest BCUT2D eigenvalue weighted by atomic mass is 10.1. The van der Waals surface area contributed by atoms with Crippen molar-refractivity contribution in [1.82, 2.24) is 10.3 Å². The SMILES string of the molecule is CCC(COC)NC(=O)c1cc(NN)c2ccccc2n1. The molecular formula is C15H20N4O2. The van der Waals surface area contributed by atoms with Gasteiger partial charge in [0.05, 0.1) is 23.9 Å². The van der Waals surface area contributed by atoms with Gasteiger partial charge in [0, 0.05) is 12.5 Å². The van der Waals surface area contributed by atoms with Gasteiger partial charge < -0.3 is 15.5 Å². The van der Waals surface area contributed by atoms with Gasteiger partial charge in [0.25, 0.3) is 5.91 Å². The van der Waals surface area contributed by atoms with Crippen molar-refractivity contribution in [2.45, 2.75) is 19.4 Å². The molecular weight excluding hydrogens is 268 g/mol. The number of hydrogen-bond acceptors (Lipinski definition) is 5. The van der Waals surface area contributed by atoms with Crippen LogP contribution in [0.25, 0.3) is 10.9 Å². The van der Waals surface area contributed by atoms with E-state index < -0.39 is 0 Å². The molecule has 0 aliphatic rings. The molecule has 1 heterocycles. The molecule has 0 radical (unpaired) electrons. The average Bonchev–Trinajstić information content (AvgIpc) is 2.53. The smallest absolute Gasteiger partial charge is 0.270 e. The highest BCUT2D eigenvalue weighted by Crippen LogP contribution is 2.22. The highest BCUT2D eigenvalue weighted by Gasteiger charge is 2.15. The monoisotopic (exact) mass is 288 g/mol. The predicted molar refractivity (Wildman–Crippen MR) is 83.0 cm³/mol. The minimum atomic E-state index is -0.235. The Kier molecular flexibility index (Phi) is 5.08. The number of nitrogens with two attached hydrogens (primary N) is 1. The van der Waals surface area contributed by atoms with E-state index in [0.717, 1.165) is 17.3 Å². The van der Waals surface area contributed by atoms with Crippen molar-refractivity contribution in [2.24, 2.45) is 5.84 Å². The number of fused-ring (bicyclic) bond motifs is 1. The highest BCUT2D eigenvalue weighted by molar-refractivity contribution is 5.99. The molecule has 1 unspecified atom stereocenters. The van der Waals surface area contributed by atoms with Crippen molar-refractivity contribution in [3.8, 4) is 0 Å². The predicted octanol–water partition coefficient (Wildman–Crippen LogP) is 1.68. The molecule has 1 aromatic heterocycles. The average molecular weight is 288 g/mol. The Labute approximate surface area is 123 Å². The summed E-state index contributed by atoms with van der Waals surface area (Å²) in [5.74, 6) is 5.30. The van der Waals surface area contributed by atoms with Crippen LogP contribution < -0.4 is 16.6 Å². The summed E-state index contributed by atoms with van der Waals surface area (Å²) in [7, 11) is 1.61. The lowest BCUT2D eigenvalue weighted by Gasteiger charge is -2.16. The number of rotatable bonds is 6. The minimum Gasteiger partial charge on any atom is -0.383 e. The van der Waals surface area contributed by atoms with Gasteiger partial charge in [-0.1, -0.05) is 25.1 Å². The molecule has 0 saturated heterocycles. The van der Waals surface area contributed by atoms with E-state index in [-0.39, 0.29) is 11.9 Å². The van der Waals surface area contributed by atoms with Crippen LogP contribution >= 0.6 is 0 Å². The van der Waals surface area contributed by atoms with Crippen molar-refractivity contribution in [2.75, 3.05) is 19.1 Å². The zero-order chi connectivity index (χ0) is 15.2. The van der Waals surface area contributed by atoms with Crippen LogP contribution in [0.1, 0.15) is 23.8 Å².